The van der Waals surface area contributed by atoms with Crippen LogP contribution in [0.2, 0.25) is 0 Å². The zero-order chi connectivity index (χ0) is 17.9. The van der Waals surface area contributed by atoms with E-state index in [9.17, 15) is 30.0 Å². The first-order chi connectivity index (χ1) is 10.8. The Bertz CT molecular complexity index is 345. The molecule has 2 unspecified atom stereocenters. The number of unbranched alkanes of at least 4 members (excludes halogenated alkanes) is 3. The fraction of sp³-hybridized carbons (Fsp3) is 0.867. The molecule has 136 valence electrons. The van der Waals surface area contributed by atoms with Gasteiger partial charge < -0.3 is 40.2 Å². The van der Waals surface area contributed by atoms with Gasteiger partial charge in [-0.15, -0.1) is 0 Å². The van der Waals surface area contributed by atoms with Crippen molar-refractivity contribution in [1.29, 1.82) is 0 Å². The summed E-state index contributed by atoms with van der Waals surface area (Å²) in [6.07, 6.45) is -1.06. The summed E-state index contributed by atoms with van der Waals surface area (Å²) in [6.45, 7) is -1.23. The zero-order valence-corrected chi connectivity index (χ0v) is 13.1. The molecule has 0 saturated heterocycles. The number of aliphatic hydroxyl groups is 4. The highest BCUT2D eigenvalue weighted by Gasteiger charge is 2.35. The van der Waals surface area contributed by atoms with Gasteiger partial charge in [0.05, 0.1) is 25.4 Å². The predicted octanol–water partition coefficient (Wildman–Crippen LogP) is -2.70. The standard InChI is InChI=1S/C15H28O8/c16-9-11(18)7-15(14(22)23,8-12(19)10-17)6-4-2-1-3-5-13(20)21/h11-12,16-19H,1-10H2,(H,20,21)(H,22,23)/p-2. The SMILES string of the molecule is O=C([O-])CCCCCCC(CC(O)CO)(CC(O)CO)C(=O)[O-]. The van der Waals surface area contributed by atoms with E-state index in [4.69, 9.17) is 10.2 Å². The molecule has 8 nitrogen and oxygen atoms in total. The first-order valence-corrected chi connectivity index (χ1v) is 7.76. The molecule has 0 aromatic heterocycles. The van der Waals surface area contributed by atoms with Gasteiger partial charge in [0.25, 0.3) is 0 Å². The van der Waals surface area contributed by atoms with Gasteiger partial charge in [0, 0.05) is 17.4 Å². The van der Waals surface area contributed by atoms with Crippen LogP contribution in [0.25, 0.3) is 0 Å². The molecule has 0 aromatic rings. The number of carbonyl (C=O) groups excluding carboxylic acids is 2. The van der Waals surface area contributed by atoms with Crippen LogP contribution in [0.5, 0.6) is 0 Å². The molecule has 0 aromatic carbocycles. The van der Waals surface area contributed by atoms with E-state index in [1.165, 1.54) is 0 Å². The Morgan fingerprint density at radius 3 is 1.74 bits per heavy atom. The summed E-state index contributed by atoms with van der Waals surface area (Å²) < 4.78 is 0. The Labute approximate surface area is 135 Å². The van der Waals surface area contributed by atoms with Crippen molar-refractivity contribution in [3.63, 3.8) is 0 Å². The molecule has 0 rings (SSSR count). The third kappa shape index (κ3) is 8.85. The van der Waals surface area contributed by atoms with Crippen LogP contribution < -0.4 is 10.2 Å². The van der Waals surface area contributed by atoms with Gasteiger partial charge in [-0.1, -0.05) is 19.3 Å². The van der Waals surface area contributed by atoms with E-state index in [1.54, 1.807) is 0 Å². The maximum atomic E-state index is 11.6. The molecule has 0 fully saturated rings. The molecule has 0 aliphatic heterocycles. The van der Waals surface area contributed by atoms with Crippen molar-refractivity contribution in [3.05, 3.63) is 0 Å². The fourth-order valence-corrected chi connectivity index (χ4v) is 2.67. The second-order valence-electron chi connectivity index (χ2n) is 5.94. The minimum atomic E-state index is -1.56. The Balaban J connectivity index is 4.67. The van der Waals surface area contributed by atoms with E-state index >= 15 is 0 Å². The van der Waals surface area contributed by atoms with Gasteiger partial charge in [0.1, 0.15) is 0 Å². The van der Waals surface area contributed by atoms with Crippen molar-refractivity contribution in [2.75, 3.05) is 13.2 Å². The van der Waals surface area contributed by atoms with Crippen LogP contribution in [-0.4, -0.2) is 57.8 Å². The van der Waals surface area contributed by atoms with Crippen LogP contribution in [0.1, 0.15) is 51.4 Å². The van der Waals surface area contributed by atoms with E-state index < -0.39 is 42.8 Å². The monoisotopic (exact) mass is 334 g/mol. The molecular weight excluding hydrogens is 308 g/mol. The van der Waals surface area contributed by atoms with E-state index in [0.717, 1.165) is 0 Å². The number of carbonyl (C=O) groups is 2. The summed E-state index contributed by atoms with van der Waals surface area (Å²) in [5, 5.41) is 58.8. The first kappa shape index (κ1) is 21.8. The Kier molecular flexibility index (Phi) is 10.7. The highest BCUT2D eigenvalue weighted by atomic mass is 16.4. The molecule has 0 aliphatic carbocycles. The summed E-state index contributed by atoms with van der Waals surface area (Å²) >= 11 is 0. The molecule has 2 atom stereocenters. The summed E-state index contributed by atoms with van der Waals surface area (Å²) in [7, 11) is 0. The van der Waals surface area contributed by atoms with Gasteiger partial charge >= 0.3 is 0 Å². The molecule has 0 spiro atoms. The van der Waals surface area contributed by atoms with E-state index in [0.29, 0.717) is 25.7 Å². The average molecular weight is 334 g/mol. The molecule has 0 radical (unpaired) electrons. The maximum Gasteiger partial charge on any atom is 0.0779 e. The van der Waals surface area contributed by atoms with Crippen molar-refractivity contribution in [1.82, 2.24) is 0 Å². The molecule has 0 heterocycles. The van der Waals surface area contributed by atoms with Gasteiger partial charge in [0.15, 0.2) is 0 Å². The van der Waals surface area contributed by atoms with Crippen LogP contribution in [0.4, 0.5) is 0 Å². The number of aliphatic carboxylic acids is 2. The Hall–Kier alpha value is -1.22. The lowest BCUT2D eigenvalue weighted by molar-refractivity contribution is -0.322. The molecule has 23 heavy (non-hydrogen) atoms. The molecule has 0 amide bonds. The second-order valence-corrected chi connectivity index (χ2v) is 5.94. The molecule has 0 bridgehead atoms. The van der Waals surface area contributed by atoms with Crippen molar-refractivity contribution in [2.24, 2.45) is 5.41 Å². The fourth-order valence-electron chi connectivity index (χ4n) is 2.67. The number of carboxylic acids is 2. The number of rotatable bonds is 14. The second kappa shape index (κ2) is 11.3. The molecule has 4 N–H and O–H groups in total. The first-order valence-electron chi connectivity index (χ1n) is 7.76. The third-order valence-corrected chi connectivity index (χ3v) is 3.89. The number of aliphatic hydroxyl groups excluding tert-OH is 4. The highest BCUT2D eigenvalue weighted by molar-refractivity contribution is 5.72. The quantitative estimate of drug-likeness (QED) is 0.249. The molecule has 0 saturated carbocycles. The third-order valence-electron chi connectivity index (χ3n) is 3.89. The van der Waals surface area contributed by atoms with Gasteiger partial charge in [0.2, 0.25) is 0 Å². The lowest BCUT2D eigenvalue weighted by Crippen LogP contribution is -2.47. The van der Waals surface area contributed by atoms with Crippen molar-refractivity contribution >= 4 is 11.9 Å². The van der Waals surface area contributed by atoms with Crippen molar-refractivity contribution < 1.29 is 40.2 Å². The normalized spacial score (nSPS) is 16.5. The molecule has 8 heteroatoms. The van der Waals surface area contributed by atoms with Gasteiger partial charge in [-0.3, -0.25) is 0 Å². The summed E-state index contributed by atoms with van der Waals surface area (Å²) in [4.78, 5) is 21.8. The average Bonchev–Trinajstić information content (AvgIpc) is 2.49. The van der Waals surface area contributed by atoms with Crippen molar-refractivity contribution in [3.8, 4) is 0 Å². The van der Waals surface area contributed by atoms with E-state index in [1.807, 2.05) is 0 Å². The number of hydrogen-bond donors (Lipinski definition) is 4. The smallest absolute Gasteiger partial charge is 0.0779 e. The lowest BCUT2D eigenvalue weighted by atomic mass is 9.73. The van der Waals surface area contributed by atoms with E-state index in [2.05, 4.69) is 0 Å². The van der Waals surface area contributed by atoms with E-state index in [-0.39, 0.29) is 25.7 Å². The summed E-state index contributed by atoms with van der Waals surface area (Å²) in [5.41, 5.74) is -1.56. The van der Waals surface area contributed by atoms with Gasteiger partial charge in [-0.05, 0) is 32.1 Å². The largest absolute Gasteiger partial charge is 0.550 e. The predicted molar refractivity (Wildman–Crippen MR) is 75.6 cm³/mol. The van der Waals surface area contributed by atoms with Crippen molar-refractivity contribution in [2.45, 2.75) is 63.6 Å². The number of hydrogen-bond acceptors (Lipinski definition) is 8. The van der Waals surface area contributed by atoms with Crippen LogP contribution >= 0.6 is 0 Å². The van der Waals surface area contributed by atoms with Crippen LogP contribution in [0.15, 0.2) is 0 Å². The Morgan fingerprint density at radius 2 is 1.35 bits per heavy atom. The topological polar surface area (TPSA) is 161 Å². The number of carboxylic acid groups (broad SMARTS) is 2. The summed E-state index contributed by atoms with van der Waals surface area (Å²) in [6, 6.07) is 0. The Morgan fingerprint density at radius 1 is 0.870 bits per heavy atom. The van der Waals surface area contributed by atoms with Crippen LogP contribution in [-0.2, 0) is 9.59 Å². The zero-order valence-electron chi connectivity index (χ0n) is 13.1. The molecular formula is C15H26O8-2. The maximum absolute atomic E-state index is 11.6. The van der Waals surface area contributed by atoms with Gasteiger partial charge in [-0.2, -0.15) is 0 Å². The van der Waals surface area contributed by atoms with Gasteiger partial charge in [-0.25, -0.2) is 0 Å². The van der Waals surface area contributed by atoms with Crippen LogP contribution in [0, 0.1) is 5.41 Å². The lowest BCUT2D eigenvalue weighted by Gasteiger charge is -2.37. The molecule has 0 aliphatic rings. The van der Waals surface area contributed by atoms with Crippen LogP contribution in [0.3, 0.4) is 0 Å². The minimum Gasteiger partial charge on any atom is -0.550 e. The minimum absolute atomic E-state index is 0.0575. The summed E-state index contributed by atoms with van der Waals surface area (Å²) in [5.74, 6) is -2.58. The highest BCUT2D eigenvalue weighted by Crippen LogP contribution is 2.35.